The zero-order chi connectivity index (χ0) is 8.43. The molecule has 1 aliphatic rings. The topological polar surface area (TPSA) is 26.0 Å². The molecule has 1 saturated carbocycles. The molecule has 0 aromatic carbocycles. The Kier molecular flexibility index (Phi) is 2.94. The average molecular weight is 155 g/mol. The summed E-state index contributed by atoms with van der Waals surface area (Å²) in [6.07, 6.45) is 3.91. The van der Waals surface area contributed by atoms with Crippen molar-refractivity contribution < 1.29 is 0 Å². The quantitative estimate of drug-likeness (QED) is 0.663. The van der Waals surface area contributed by atoms with Crippen LogP contribution in [0.2, 0.25) is 0 Å². The van der Waals surface area contributed by atoms with Gasteiger partial charge in [0.25, 0.3) is 0 Å². The lowest BCUT2D eigenvalue weighted by atomic mass is 9.95. The normalized spacial score (nSPS) is 34.9. The van der Waals surface area contributed by atoms with Gasteiger partial charge < -0.3 is 5.73 Å². The fourth-order valence-electron chi connectivity index (χ4n) is 1.61. The molecule has 1 rings (SSSR count). The van der Waals surface area contributed by atoms with Gasteiger partial charge in [0, 0.05) is 6.04 Å². The van der Waals surface area contributed by atoms with Gasteiger partial charge in [-0.3, -0.25) is 0 Å². The summed E-state index contributed by atoms with van der Waals surface area (Å²) >= 11 is 0. The molecular formula is C10H21N. The van der Waals surface area contributed by atoms with E-state index in [1.165, 1.54) is 19.3 Å². The highest BCUT2D eigenvalue weighted by molar-refractivity contribution is 4.86. The van der Waals surface area contributed by atoms with Gasteiger partial charge in [-0.25, -0.2) is 0 Å². The first-order valence-corrected chi connectivity index (χ1v) is 4.90. The minimum absolute atomic E-state index is 0.454. The Hall–Kier alpha value is -0.0400. The molecule has 0 aromatic heterocycles. The third-order valence-corrected chi connectivity index (χ3v) is 3.23. The molecule has 1 fully saturated rings. The first kappa shape index (κ1) is 9.05. The van der Waals surface area contributed by atoms with Crippen molar-refractivity contribution in [3.8, 4) is 0 Å². The van der Waals surface area contributed by atoms with Crippen LogP contribution < -0.4 is 5.73 Å². The molecule has 11 heavy (non-hydrogen) atoms. The monoisotopic (exact) mass is 155 g/mol. The van der Waals surface area contributed by atoms with Gasteiger partial charge in [0.15, 0.2) is 0 Å². The largest absolute Gasteiger partial charge is 0.327 e. The summed E-state index contributed by atoms with van der Waals surface area (Å²) in [5.74, 6) is 2.63. The van der Waals surface area contributed by atoms with Crippen molar-refractivity contribution in [2.24, 2.45) is 23.5 Å². The van der Waals surface area contributed by atoms with Gasteiger partial charge >= 0.3 is 0 Å². The van der Waals surface area contributed by atoms with Gasteiger partial charge in [-0.05, 0) is 30.6 Å². The van der Waals surface area contributed by atoms with E-state index in [0.29, 0.717) is 12.0 Å². The van der Waals surface area contributed by atoms with Crippen LogP contribution in [0.1, 0.15) is 40.0 Å². The second kappa shape index (κ2) is 3.57. The average Bonchev–Trinajstić information content (AvgIpc) is 2.65. The summed E-state index contributed by atoms with van der Waals surface area (Å²) in [4.78, 5) is 0. The van der Waals surface area contributed by atoms with Crippen LogP contribution in [0.5, 0.6) is 0 Å². The third kappa shape index (κ3) is 2.48. The summed E-state index contributed by atoms with van der Waals surface area (Å²) in [5.41, 5.74) is 6.03. The second-order valence-electron chi connectivity index (χ2n) is 4.26. The molecule has 2 N–H and O–H groups in total. The van der Waals surface area contributed by atoms with E-state index in [2.05, 4.69) is 20.8 Å². The minimum Gasteiger partial charge on any atom is -0.327 e. The fraction of sp³-hybridized carbons (Fsp3) is 1.00. The van der Waals surface area contributed by atoms with E-state index in [9.17, 15) is 0 Å². The smallest absolute Gasteiger partial charge is 0.00671 e. The molecule has 1 nitrogen and oxygen atoms in total. The van der Waals surface area contributed by atoms with Crippen LogP contribution in [-0.4, -0.2) is 6.04 Å². The van der Waals surface area contributed by atoms with Crippen molar-refractivity contribution in [2.75, 3.05) is 0 Å². The van der Waals surface area contributed by atoms with Crippen molar-refractivity contribution in [2.45, 2.75) is 46.1 Å². The lowest BCUT2D eigenvalue weighted by Gasteiger charge is -2.17. The molecule has 0 aliphatic heterocycles. The Morgan fingerprint density at radius 3 is 2.45 bits per heavy atom. The first-order valence-electron chi connectivity index (χ1n) is 4.90. The maximum atomic E-state index is 6.03. The Morgan fingerprint density at radius 2 is 2.09 bits per heavy atom. The standard InChI is InChI=1S/C10H21N/c1-4-7(2)10(11)6-9-5-8(9)3/h7-10H,4-6,11H2,1-3H3/t7-,8-,9?,10-/m1/s1. The predicted octanol–water partition coefficient (Wildman–Crippen LogP) is 2.41. The Bertz CT molecular complexity index is 122. The van der Waals surface area contributed by atoms with E-state index in [1.807, 2.05) is 0 Å². The molecule has 1 unspecified atom stereocenters. The highest BCUT2D eigenvalue weighted by atomic mass is 14.7. The summed E-state index contributed by atoms with van der Waals surface area (Å²) in [7, 11) is 0. The van der Waals surface area contributed by atoms with Crippen molar-refractivity contribution in [1.29, 1.82) is 0 Å². The number of rotatable bonds is 4. The minimum atomic E-state index is 0.454. The van der Waals surface area contributed by atoms with E-state index in [1.54, 1.807) is 0 Å². The number of hydrogen-bond donors (Lipinski definition) is 1. The summed E-state index contributed by atoms with van der Waals surface area (Å²) in [5, 5.41) is 0. The molecule has 0 saturated heterocycles. The molecule has 0 aromatic rings. The van der Waals surface area contributed by atoms with Crippen LogP contribution in [0.15, 0.2) is 0 Å². The molecule has 66 valence electrons. The number of nitrogens with two attached hydrogens (primary N) is 1. The maximum Gasteiger partial charge on any atom is 0.00671 e. The number of hydrogen-bond acceptors (Lipinski definition) is 1. The van der Waals surface area contributed by atoms with E-state index in [-0.39, 0.29) is 0 Å². The van der Waals surface area contributed by atoms with Crippen LogP contribution in [0.3, 0.4) is 0 Å². The van der Waals surface area contributed by atoms with Crippen LogP contribution >= 0.6 is 0 Å². The van der Waals surface area contributed by atoms with Gasteiger partial charge in [-0.1, -0.05) is 27.2 Å². The Morgan fingerprint density at radius 1 is 1.55 bits per heavy atom. The molecule has 0 radical (unpaired) electrons. The molecule has 1 aliphatic carbocycles. The second-order valence-corrected chi connectivity index (χ2v) is 4.26. The van der Waals surface area contributed by atoms with Crippen molar-refractivity contribution >= 4 is 0 Å². The SMILES string of the molecule is CC[C@@H](C)[C@H](N)CC1C[C@H]1C. The van der Waals surface area contributed by atoms with E-state index >= 15 is 0 Å². The zero-order valence-electron chi connectivity index (χ0n) is 8.01. The molecule has 0 amide bonds. The van der Waals surface area contributed by atoms with E-state index < -0.39 is 0 Å². The predicted molar refractivity (Wildman–Crippen MR) is 49.3 cm³/mol. The molecule has 0 heterocycles. The van der Waals surface area contributed by atoms with Gasteiger partial charge in [0.05, 0.1) is 0 Å². The molecule has 0 bridgehead atoms. The van der Waals surface area contributed by atoms with Crippen LogP contribution in [0.4, 0.5) is 0 Å². The zero-order valence-corrected chi connectivity index (χ0v) is 8.01. The van der Waals surface area contributed by atoms with Gasteiger partial charge in [-0.2, -0.15) is 0 Å². The van der Waals surface area contributed by atoms with Gasteiger partial charge in [0.2, 0.25) is 0 Å². The van der Waals surface area contributed by atoms with E-state index in [4.69, 9.17) is 5.73 Å². The van der Waals surface area contributed by atoms with Crippen molar-refractivity contribution in [3.63, 3.8) is 0 Å². The lowest BCUT2D eigenvalue weighted by Crippen LogP contribution is -2.28. The summed E-state index contributed by atoms with van der Waals surface area (Å²) in [6.45, 7) is 6.81. The molecule has 4 atom stereocenters. The van der Waals surface area contributed by atoms with Crippen LogP contribution in [0, 0.1) is 17.8 Å². The molecule has 0 spiro atoms. The van der Waals surface area contributed by atoms with Crippen LogP contribution in [0.25, 0.3) is 0 Å². The lowest BCUT2D eigenvalue weighted by molar-refractivity contribution is 0.398. The summed E-state index contributed by atoms with van der Waals surface area (Å²) in [6, 6.07) is 0.454. The van der Waals surface area contributed by atoms with Crippen molar-refractivity contribution in [1.82, 2.24) is 0 Å². The third-order valence-electron chi connectivity index (χ3n) is 3.23. The van der Waals surface area contributed by atoms with Gasteiger partial charge in [0.1, 0.15) is 0 Å². The first-order chi connectivity index (χ1) is 5.15. The van der Waals surface area contributed by atoms with Crippen molar-refractivity contribution in [3.05, 3.63) is 0 Å². The Labute approximate surface area is 70.4 Å². The molecule has 1 heteroatoms. The molecular weight excluding hydrogens is 134 g/mol. The van der Waals surface area contributed by atoms with Crippen LogP contribution in [-0.2, 0) is 0 Å². The highest BCUT2D eigenvalue weighted by Crippen LogP contribution is 2.41. The summed E-state index contributed by atoms with van der Waals surface area (Å²) < 4.78 is 0. The van der Waals surface area contributed by atoms with E-state index in [0.717, 1.165) is 11.8 Å². The Balaban J connectivity index is 2.15. The highest BCUT2D eigenvalue weighted by Gasteiger charge is 2.34. The van der Waals surface area contributed by atoms with Gasteiger partial charge in [-0.15, -0.1) is 0 Å². The maximum absolute atomic E-state index is 6.03. The fourth-order valence-corrected chi connectivity index (χ4v) is 1.61.